The first-order chi connectivity index (χ1) is 51.9. The third-order valence-corrected chi connectivity index (χ3v) is 22.2. The quantitative estimate of drug-likeness (QED) is 0.0199. The van der Waals surface area contributed by atoms with E-state index in [1.807, 2.05) is 0 Å². The number of unbranched alkanes of at least 4 members (excludes halogenated alkanes) is 48. The van der Waals surface area contributed by atoms with Gasteiger partial charge in [0.1, 0.15) is 67.1 Å². The molecule has 0 spiro atoms. The number of hydrogen-bond acceptors (Lipinski definition) is 20. The van der Waals surface area contributed by atoms with Gasteiger partial charge in [-0.2, -0.15) is 0 Å². The van der Waals surface area contributed by atoms with Crippen LogP contribution in [0.25, 0.3) is 0 Å². The van der Waals surface area contributed by atoms with Crippen molar-refractivity contribution in [3.8, 4) is 0 Å². The van der Waals surface area contributed by atoms with E-state index in [0.29, 0.717) is 19.3 Å². The van der Waals surface area contributed by atoms with Gasteiger partial charge in [-0.15, -0.1) is 0 Å². The Hall–Kier alpha value is -2.53. The molecule has 3 heterocycles. The van der Waals surface area contributed by atoms with E-state index >= 15 is 0 Å². The summed E-state index contributed by atoms with van der Waals surface area (Å²) in [6, 6.07) is -2.53. The van der Waals surface area contributed by atoms with E-state index < -0.39 is 148 Å². The van der Waals surface area contributed by atoms with Gasteiger partial charge in [0.15, 0.2) is 12.6 Å². The number of aliphatic hydroxyl groups is 11. The van der Waals surface area contributed by atoms with Crippen LogP contribution in [0.5, 0.6) is 0 Å². The molecule has 23 nitrogen and oxygen atoms in total. The number of rotatable bonds is 70. The first-order valence-corrected chi connectivity index (χ1v) is 43.5. The highest BCUT2D eigenvalue weighted by atomic mass is 16.8. The lowest BCUT2D eigenvalue weighted by molar-refractivity contribution is -0.386. The van der Waals surface area contributed by atoms with E-state index in [2.05, 4.69) is 36.6 Å². The van der Waals surface area contributed by atoms with E-state index in [4.69, 9.17) is 28.4 Å². The first kappa shape index (κ1) is 98.7. The molecule has 3 fully saturated rings. The number of ether oxygens (including phenoxy) is 6. The maximum absolute atomic E-state index is 13.6. The minimum Gasteiger partial charge on any atom is -0.477 e. The topological polar surface area (TPSA) is 373 Å². The van der Waals surface area contributed by atoms with E-state index in [1.54, 1.807) is 0 Å². The molecule has 23 heteroatoms. The molecular weight excluding hydrogens is 1370 g/mol. The van der Waals surface area contributed by atoms with E-state index in [0.717, 1.165) is 58.3 Å². The van der Waals surface area contributed by atoms with Gasteiger partial charge in [-0.25, -0.2) is 4.79 Å². The lowest BCUT2D eigenvalue weighted by Crippen LogP contribution is -2.70. The molecule has 14 N–H and O–H groups in total. The standard InChI is InChI=1S/C84H158N2O21/c1-4-6-8-10-12-14-16-18-20-22-24-26-28-30-31-32-33-34-36-38-40-42-44-46-48-50-52-54-56-58-71(94)86-65(66(91)57-55-53-51-49-47-45-43-41-39-37-35-29-27-25-23-21-19-17-15-13-11-9-7-5-2)63-102-81-76(98)75(97)78(70(62-89)104-81)105-82-77(99)80(74(96)69(61-88)103-82)107-84(83(100)101)59-67(92)72(85-64(3)90)79(106-84)73(95)68(93)60-87/h30-31,65-70,72-82,87-89,91-93,95-99H,4-29,32-63H2,1-3H3,(H,85,90)(H,86,94)(H,100,101)/b31-30-. The van der Waals surface area contributed by atoms with Crippen LogP contribution in [-0.2, 0) is 42.8 Å². The van der Waals surface area contributed by atoms with Crippen LogP contribution in [0.4, 0.5) is 0 Å². The number of nitrogens with one attached hydrogen (secondary N) is 2. The Bertz CT molecular complexity index is 2170. The number of aliphatic carboxylic acids is 1. The van der Waals surface area contributed by atoms with Gasteiger partial charge in [0, 0.05) is 19.8 Å². The van der Waals surface area contributed by atoms with Crippen LogP contribution in [0.3, 0.4) is 0 Å². The molecule has 2 amide bonds. The molecule has 3 aliphatic rings. The summed E-state index contributed by atoms with van der Waals surface area (Å²) in [5.74, 6) is -6.09. The summed E-state index contributed by atoms with van der Waals surface area (Å²) < 4.78 is 35.0. The molecule has 18 atom stereocenters. The molecule has 3 aliphatic heterocycles. The average Bonchev–Trinajstić information content (AvgIpc) is 0.754. The van der Waals surface area contributed by atoms with Crippen LogP contribution < -0.4 is 10.6 Å². The number of hydrogen-bond donors (Lipinski definition) is 14. The summed E-state index contributed by atoms with van der Waals surface area (Å²) >= 11 is 0. The second kappa shape index (κ2) is 62.9. The highest BCUT2D eigenvalue weighted by Crippen LogP contribution is 2.39. The minimum absolute atomic E-state index is 0.226. The van der Waals surface area contributed by atoms with Crippen LogP contribution in [0.1, 0.15) is 367 Å². The van der Waals surface area contributed by atoms with E-state index in [1.165, 1.54) is 263 Å². The Balaban J connectivity index is 1.47. The van der Waals surface area contributed by atoms with Gasteiger partial charge in [0.25, 0.3) is 5.79 Å². The zero-order valence-electron chi connectivity index (χ0n) is 67.0. The Morgan fingerprint density at radius 3 is 1.26 bits per heavy atom. The van der Waals surface area contributed by atoms with Crippen LogP contribution in [0.15, 0.2) is 12.2 Å². The summed E-state index contributed by atoms with van der Waals surface area (Å²) in [7, 11) is 0. The zero-order valence-corrected chi connectivity index (χ0v) is 67.0. The Morgan fingerprint density at radius 2 is 0.869 bits per heavy atom. The van der Waals surface area contributed by atoms with Gasteiger partial charge in [0.05, 0.1) is 50.7 Å². The number of allylic oxidation sites excluding steroid dienone is 2. The van der Waals surface area contributed by atoms with E-state index in [-0.39, 0.29) is 18.9 Å². The molecule has 18 unspecified atom stereocenters. The summed E-state index contributed by atoms with van der Waals surface area (Å²) in [4.78, 5) is 38.8. The minimum atomic E-state index is -3.08. The smallest absolute Gasteiger partial charge is 0.364 e. The normalized spacial score (nSPS) is 26.0. The van der Waals surface area contributed by atoms with E-state index in [9.17, 15) is 75.7 Å². The molecule has 0 saturated carbocycles. The number of aliphatic hydroxyl groups excluding tert-OH is 11. The second-order valence-corrected chi connectivity index (χ2v) is 31.8. The maximum Gasteiger partial charge on any atom is 0.364 e. The van der Waals surface area contributed by atoms with Crippen molar-refractivity contribution in [3.05, 3.63) is 12.2 Å². The van der Waals surface area contributed by atoms with Crippen molar-refractivity contribution in [2.24, 2.45) is 0 Å². The Morgan fingerprint density at radius 1 is 0.477 bits per heavy atom. The molecule has 3 saturated heterocycles. The number of carbonyl (C=O) groups is 3. The molecule has 3 rings (SSSR count). The zero-order chi connectivity index (χ0) is 78.1. The van der Waals surface area contributed by atoms with Crippen molar-refractivity contribution in [1.82, 2.24) is 10.6 Å². The lowest BCUT2D eigenvalue weighted by Gasteiger charge is -2.50. The predicted molar refractivity (Wildman–Crippen MR) is 417 cm³/mol. The SMILES string of the molecule is CCCCCCCCCCCCCC/C=C\CCCCCCCCCCCCCCCC(=O)NC(COC1OC(CO)C(OC2OC(CO)C(O)C(OC3(C(=O)O)CC(O)C(NC(C)=O)C(C(O)C(O)CO)O3)C2O)C(O)C1O)C(O)CCCCCCCCCCCCCCCCCCCCCCCCCC. The molecule has 0 aliphatic carbocycles. The third kappa shape index (κ3) is 42.4. The van der Waals surface area contributed by atoms with Crippen LogP contribution in [-0.4, -0.2) is 215 Å². The van der Waals surface area contributed by atoms with Crippen molar-refractivity contribution in [2.45, 2.75) is 477 Å². The molecule has 0 aromatic rings. The van der Waals surface area contributed by atoms with Crippen molar-refractivity contribution >= 4 is 17.8 Å². The first-order valence-electron chi connectivity index (χ1n) is 43.5. The highest BCUT2D eigenvalue weighted by Gasteiger charge is 2.60. The summed E-state index contributed by atoms with van der Waals surface area (Å²) in [5.41, 5.74) is 0. The van der Waals surface area contributed by atoms with Crippen molar-refractivity contribution < 1.29 is 104 Å². The second-order valence-electron chi connectivity index (χ2n) is 31.8. The Kier molecular flexibility index (Phi) is 58.0. The van der Waals surface area contributed by atoms with Crippen molar-refractivity contribution in [2.75, 3.05) is 26.4 Å². The molecule has 0 aromatic heterocycles. The van der Waals surface area contributed by atoms with Gasteiger partial charge in [-0.05, 0) is 38.5 Å². The van der Waals surface area contributed by atoms with Crippen molar-refractivity contribution in [3.63, 3.8) is 0 Å². The fraction of sp³-hybridized carbons (Fsp3) is 0.940. The van der Waals surface area contributed by atoms with Gasteiger partial charge in [-0.3, -0.25) is 9.59 Å². The Labute approximate surface area is 645 Å². The van der Waals surface area contributed by atoms with Crippen LogP contribution >= 0.6 is 0 Å². The van der Waals surface area contributed by atoms with Gasteiger partial charge >= 0.3 is 5.97 Å². The average molecular weight is 1530 g/mol. The molecule has 630 valence electrons. The van der Waals surface area contributed by atoms with Gasteiger partial charge in [-0.1, -0.05) is 321 Å². The molecule has 0 bridgehead atoms. The van der Waals surface area contributed by atoms with Gasteiger partial charge in [0.2, 0.25) is 11.8 Å². The lowest BCUT2D eigenvalue weighted by atomic mass is 9.88. The van der Waals surface area contributed by atoms with Crippen LogP contribution in [0, 0.1) is 0 Å². The fourth-order valence-corrected chi connectivity index (χ4v) is 15.4. The maximum atomic E-state index is 13.6. The fourth-order valence-electron chi connectivity index (χ4n) is 15.4. The predicted octanol–water partition coefficient (Wildman–Crippen LogP) is 12.9. The largest absolute Gasteiger partial charge is 0.477 e. The number of carboxylic acid groups (broad SMARTS) is 1. The third-order valence-electron chi connectivity index (χ3n) is 22.2. The highest BCUT2D eigenvalue weighted by molar-refractivity contribution is 5.77. The molecular formula is C84H158N2O21. The monoisotopic (exact) mass is 1530 g/mol. The molecule has 0 aromatic carbocycles. The number of amides is 2. The van der Waals surface area contributed by atoms with Crippen LogP contribution in [0.2, 0.25) is 0 Å². The molecule has 107 heavy (non-hydrogen) atoms. The summed E-state index contributed by atoms with van der Waals surface area (Å²) in [6.45, 7) is 2.28. The van der Waals surface area contributed by atoms with Crippen molar-refractivity contribution in [1.29, 1.82) is 0 Å². The number of carbonyl (C=O) groups excluding carboxylic acids is 2. The number of carboxylic acids is 1. The molecule has 0 radical (unpaired) electrons. The van der Waals surface area contributed by atoms with Gasteiger partial charge < -0.3 is 100 Å². The summed E-state index contributed by atoms with van der Waals surface area (Å²) in [6.07, 6.45) is 40.6. The summed E-state index contributed by atoms with van der Waals surface area (Å²) in [5, 5.41) is 137.